The molecule has 8 heteroatoms. The molecule has 2 aromatic rings. The summed E-state index contributed by atoms with van der Waals surface area (Å²) in [5.41, 5.74) is 0.642. The molecule has 0 aliphatic rings. The normalized spacial score (nSPS) is 10.1. The van der Waals surface area contributed by atoms with Crippen LogP contribution in [0.15, 0.2) is 41.8 Å². The Labute approximate surface area is 136 Å². The fraction of sp³-hybridized carbons (Fsp3) is 0.200. The van der Waals surface area contributed by atoms with Gasteiger partial charge in [-0.05, 0) is 29.1 Å². The van der Waals surface area contributed by atoms with Crippen LogP contribution >= 0.6 is 11.3 Å². The largest absolute Gasteiger partial charge is 0.461 e. The highest BCUT2D eigenvalue weighted by molar-refractivity contribution is 7.12. The molecule has 0 atom stereocenters. The number of nitrogens with one attached hydrogen (secondary N) is 1. The van der Waals surface area contributed by atoms with E-state index >= 15 is 0 Å². The third kappa shape index (κ3) is 5.19. The van der Waals surface area contributed by atoms with Crippen molar-refractivity contribution in [2.24, 2.45) is 0 Å². The van der Waals surface area contributed by atoms with Crippen molar-refractivity contribution in [3.8, 4) is 0 Å². The third-order valence-corrected chi connectivity index (χ3v) is 3.78. The number of non-ortho nitro benzene ring substituents is 1. The Kier molecular flexibility index (Phi) is 5.81. The average molecular weight is 334 g/mol. The molecular weight excluding hydrogens is 320 g/mol. The molecule has 1 aromatic carbocycles. The van der Waals surface area contributed by atoms with Crippen molar-refractivity contribution in [1.29, 1.82) is 0 Å². The predicted octanol–water partition coefficient (Wildman–Crippen LogP) is 2.52. The summed E-state index contributed by atoms with van der Waals surface area (Å²) in [7, 11) is 0. The van der Waals surface area contributed by atoms with Gasteiger partial charge in [-0.3, -0.25) is 19.7 Å². The van der Waals surface area contributed by atoms with Crippen LogP contribution in [0, 0.1) is 10.1 Å². The van der Waals surface area contributed by atoms with Crippen LogP contribution < -0.4 is 5.32 Å². The molecular formula is C15H14N2O5S. The number of hydrogen-bond donors (Lipinski definition) is 1. The summed E-state index contributed by atoms with van der Waals surface area (Å²) >= 11 is 1.32. The van der Waals surface area contributed by atoms with Crippen LogP contribution in [0.5, 0.6) is 0 Å². The van der Waals surface area contributed by atoms with Crippen LogP contribution in [0.1, 0.15) is 21.7 Å². The first-order valence-corrected chi connectivity index (χ1v) is 7.65. The van der Waals surface area contributed by atoms with Gasteiger partial charge in [-0.1, -0.05) is 6.07 Å². The number of rotatable bonds is 7. The minimum atomic E-state index is -0.494. The third-order valence-electron chi connectivity index (χ3n) is 2.91. The first kappa shape index (κ1) is 16.6. The highest BCUT2D eigenvalue weighted by Gasteiger charge is 2.09. The highest BCUT2D eigenvalue weighted by Crippen LogP contribution is 2.12. The van der Waals surface area contributed by atoms with Crippen molar-refractivity contribution in [3.05, 3.63) is 62.3 Å². The van der Waals surface area contributed by atoms with Crippen LogP contribution in [0.3, 0.4) is 0 Å². The Balaban J connectivity index is 1.68. The molecule has 1 amide bonds. The summed E-state index contributed by atoms with van der Waals surface area (Å²) in [6.07, 6.45) is 0.0596. The van der Waals surface area contributed by atoms with Gasteiger partial charge in [0.25, 0.3) is 11.6 Å². The SMILES string of the molecule is O=C(CCNC(=O)c1cccs1)OCc1ccc([N+](=O)[O-])cc1. The lowest BCUT2D eigenvalue weighted by Crippen LogP contribution is -2.25. The van der Waals surface area contributed by atoms with E-state index in [2.05, 4.69) is 5.32 Å². The Morgan fingerprint density at radius 2 is 1.96 bits per heavy atom. The van der Waals surface area contributed by atoms with Crippen molar-refractivity contribution < 1.29 is 19.2 Å². The van der Waals surface area contributed by atoms with Gasteiger partial charge in [-0.2, -0.15) is 0 Å². The molecule has 1 aromatic heterocycles. The molecule has 23 heavy (non-hydrogen) atoms. The maximum Gasteiger partial charge on any atom is 0.307 e. The molecule has 0 spiro atoms. The van der Waals surface area contributed by atoms with Crippen molar-refractivity contribution >= 4 is 28.9 Å². The Bertz CT molecular complexity index is 682. The van der Waals surface area contributed by atoms with E-state index in [4.69, 9.17) is 4.74 Å². The molecule has 0 bridgehead atoms. The summed E-state index contributed by atoms with van der Waals surface area (Å²) in [5.74, 6) is -0.669. The van der Waals surface area contributed by atoms with E-state index < -0.39 is 10.9 Å². The average Bonchev–Trinajstić information content (AvgIpc) is 3.07. The fourth-order valence-electron chi connectivity index (χ4n) is 1.72. The minimum Gasteiger partial charge on any atom is -0.461 e. The van der Waals surface area contributed by atoms with Gasteiger partial charge in [-0.25, -0.2) is 0 Å². The molecule has 7 nitrogen and oxygen atoms in total. The second-order valence-electron chi connectivity index (χ2n) is 4.57. The van der Waals surface area contributed by atoms with Crippen LogP contribution in [-0.2, 0) is 16.1 Å². The van der Waals surface area contributed by atoms with E-state index in [0.29, 0.717) is 10.4 Å². The Hall–Kier alpha value is -2.74. The van der Waals surface area contributed by atoms with E-state index in [9.17, 15) is 19.7 Å². The summed E-state index contributed by atoms with van der Waals surface area (Å²) < 4.78 is 5.04. The van der Waals surface area contributed by atoms with Crippen LogP contribution in [-0.4, -0.2) is 23.3 Å². The number of benzene rings is 1. The number of nitrogens with zero attached hydrogens (tertiary/aromatic N) is 1. The highest BCUT2D eigenvalue weighted by atomic mass is 32.1. The van der Waals surface area contributed by atoms with Gasteiger partial charge < -0.3 is 10.1 Å². The summed E-state index contributed by atoms with van der Waals surface area (Å²) in [5, 5.41) is 15.0. The Morgan fingerprint density at radius 3 is 2.57 bits per heavy atom. The van der Waals surface area contributed by atoms with Crippen molar-refractivity contribution in [1.82, 2.24) is 5.32 Å². The van der Waals surface area contributed by atoms with E-state index in [-0.39, 0.29) is 31.2 Å². The lowest BCUT2D eigenvalue weighted by Gasteiger charge is -2.06. The van der Waals surface area contributed by atoms with Crippen molar-refractivity contribution in [2.45, 2.75) is 13.0 Å². The summed E-state index contributed by atoms with van der Waals surface area (Å²) in [6, 6.07) is 9.24. The maximum atomic E-state index is 11.6. The smallest absolute Gasteiger partial charge is 0.307 e. The second kappa shape index (κ2) is 8.04. The Morgan fingerprint density at radius 1 is 1.22 bits per heavy atom. The molecule has 0 saturated heterocycles. The lowest BCUT2D eigenvalue weighted by atomic mass is 10.2. The van der Waals surface area contributed by atoms with E-state index in [1.165, 1.54) is 35.6 Å². The number of esters is 1. The van der Waals surface area contributed by atoms with Crippen LogP contribution in [0.2, 0.25) is 0 Å². The summed E-state index contributed by atoms with van der Waals surface area (Å²) in [4.78, 5) is 33.8. The zero-order chi connectivity index (χ0) is 16.7. The van der Waals surface area contributed by atoms with Gasteiger partial charge >= 0.3 is 5.97 Å². The predicted molar refractivity (Wildman–Crippen MR) is 84.2 cm³/mol. The number of carbonyl (C=O) groups excluding carboxylic acids is 2. The number of nitro benzene ring substituents is 1. The van der Waals surface area contributed by atoms with Gasteiger partial charge in [0.1, 0.15) is 6.61 Å². The zero-order valence-electron chi connectivity index (χ0n) is 12.1. The minimum absolute atomic E-state index is 0.0173. The van der Waals surface area contributed by atoms with E-state index in [1.54, 1.807) is 17.5 Å². The monoisotopic (exact) mass is 334 g/mol. The molecule has 0 aliphatic heterocycles. The van der Waals surface area contributed by atoms with E-state index in [0.717, 1.165) is 0 Å². The molecule has 1 heterocycles. The standard InChI is InChI=1S/C15H14N2O5S/c18-14(7-8-16-15(19)13-2-1-9-23-13)22-10-11-3-5-12(6-4-11)17(20)21/h1-6,9H,7-8,10H2,(H,16,19). The fourth-order valence-corrected chi connectivity index (χ4v) is 2.36. The number of hydrogen-bond acceptors (Lipinski definition) is 6. The molecule has 0 fully saturated rings. The molecule has 0 saturated carbocycles. The van der Waals surface area contributed by atoms with Crippen molar-refractivity contribution in [2.75, 3.05) is 6.54 Å². The van der Waals surface area contributed by atoms with Gasteiger partial charge in [0.05, 0.1) is 16.2 Å². The van der Waals surface area contributed by atoms with Gasteiger partial charge in [-0.15, -0.1) is 11.3 Å². The van der Waals surface area contributed by atoms with Gasteiger partial charge in [0.15, 0.2) is 0 Å². The summed E-state index contributed by atoms with van der Waals surface area (Å²) in [6.45, 7) is 0.228. The van der Waals surface area contributed by atoms with Crippen LogP contribution in [0.4, 0.5) is 5.69 Å². The topological polar surface area (TPSA) is 98.5 Å². The van der Waals surface area contributed by atoms with Gasteiger partial charge in [0.2, 0.25) is 0 Å². The molecule has 0 unspecified atom stereocenters. The molecule has 1 N–H and O–H groups in total. The number of carbonyl (C=O) groups is 2. The van der Waals surface area contributed by atoms with Crippen molar-refractivity contribution in [3.63, 3.8) is 0 Å². The number of amides is 1. The zero-order valence-corrected chi connectivity index (χ0v) is 12.9. The lowest BCUT2D eigenvalue weighted by molar-refractivity contribution is -0.384. The maximum absolute atomic E-state index is 11.6. The first-order valence-electron chi connectivity index (χ1n) is 6.77. The molecule has 0 aliphatic carbocycles. The molecule has 2 rings (SSSR count). The second-order valence-corrected chi connectivity index (χ2v) is 5.52. The van der Waals surface area contributed by atoms with Gasteiger partial charge in [0, 0.05) is 18.7 Å². The first-order chi connectivity index (χ1) is 11.1. The number of nitro groups is 1. The quantitative estimate of drug-likeness (QED) is 0.476. The number of ether oxygens (including phenoxy) is 1. The number of thiophene rings is 1. The molecule has 120 valence electrons. The molecule has 0 radical (unpaired) electrons. The van der Waals surface area contributed by atoms with Crippen LogP contribution in [0.25, 0.3) is 0 Å². The van der Waals surface area contributed by atoms with E-state index in [1.807, 2.05) is 0 Å².